The number of fused-ring (bicyclic) bond motifs is 1. The topological polar surface area (TPSA) is 47.6 Å². The van der Waals surface area contributed by atoms with Gasteiger partial charge in [-0.2, -0.15) is 0 Å². The molecule has 1 amide bonds. The van der Waals surface area contributed by atoms with E-state index >= 15 is 0 Å². The van der Waals surface area contributed by atoms with Gasteiger partial charge in [0.15, 0.2) is 0 Å². The maximum atomic E-state index is 13.1. The largest absolute Gasteiger partial charge is 0.497 e. The summed E-state index contributed by atoms with van der Waals surface area (Å²) in [7, 11) is 1.58. The Kier molecular flexibility index (Phi) is 3.78. The molecule has 112 valence electrons. The smallest absolute Gasteiger partial charge is 0.255 e. The molecule has 1 N–H and O–H groups in total. The summed E-state index contributed by atoms with van der Waals surface area (Å²) in [6.45, 7) is 0.167. The maximum absolute atomic E-state index is 13.1. The van der Waals surface area contributed by atoms with Gasteiger partial charge in [-0.1, -0.05) is 6.07 Å². The number of carbonyl (C=O) groups excluding carboxylic acids is 1. The number of benzene rings is 2. The number of ether oxygens (including phenoxy) is 2. The molecule has 0 fully saturated rings. The maximum Gasteiger partial charge on any atom is 0.255 e. The summed E-state index contributed by atoms with van der Waals surface area (Å²) < 4.78 is 23.9. The molecule has 2 aromatic rings. The summed E-state index contributed by atoms with van der Waals surface area (Å²) in [6.07, 6.45) is 1.75. The lowest BCUT2D eigenvalue weighted by atomic mass is 10.1. The minimum Gasteiger partial charge on any atom is -0.497 e. The van der Waals surface area contributed by atoms with E-state index in [1.54, 1.807) is 37.5 Å². The molecule has 0 saturated heterocycles. The van der Waals surface area contributed by atoms with Crippen LogP contribution in [0.25, 0.3) is 6.08 Å². The summed E-state index contributed by atoms with van der Waals surface area (Å²) in [4.78, 5) is 12.2. The first-order chi connectivity index (χ1) is 10.7. The third-order valence-electron chi connectivity index (χ3n) is 3.30. The minimum atomic E-state index is -0.401. The first kappa shape index (κ1) is 14.1. The van der Waals surface area contributed by atoms with Crippen molar-refractivity contribution in [2.24, 2.45) is 0 Å². The Morgan fingerprint density at radius 2 is 2.14 bits per heavy atom. The molecule has 1 heterocycles. The van der Waals surface area contributed by atoms with Crippen LogP contribution in [0.3, 0.4) is 0 Å². The van der Waals surface area contributed by atoms with Gasteiger partial charge in [-0.25, -0.2) is 4.39 Å². The predicted molar refractivity (Wildman–Crippen MR) is 81.5 cm³/mol. The highest BCUT2D eigenvalue weighted by atomic mass is 19.1. The molecule has 3 rings (SSSR count). The molecule has 0 unspecified atom stereocenters. The van der Waals surface area contributed by atoms with E-state index < -0.39 is 5.82 Å². The highest BCUT2D eigenvalue weighted by Gasteiger charge is 2.18. The van der Waals surface area contributed by atoms with Crippen molar-refractivity contribution in [1.29, 1.82) is 0 Å². The van der Waals surface area contributed by atoms with Crippen molar-refractivity contribution in [3.05, 3.63) is 59.4 Å². The third kappa shape index (κ3) is 2.93. The van der Waals surface area contributed by atoms with Gasteiger partial charge in [-0.05, 0) is 42.5 Å². The Labute approximate surface area is 127 Å². The summed E-state index contributed by atoms with van der Waals surface area (Å²) >= 11 is 0. The zero-order valence-corrected chi connectivity index (χ0v) is 11.9. The van der Waals surface area contributed by atoms with E-state index in [-0.39, 0.29) is 12.5 Å². The van der Waals surface area contributed by atoms with E-state index in [1.165, 1.54) is 18.2 Å². The molecule has 1 aliphatic rings. The lowest BCUT2D eigenvalue weighted by Gasteiger charge is -2.18. The Balaban J connectivity index is 1.82. The van der Waals surface area contributed by atoms with Crippen LogP contribution in [0, 0.1) is 5.82 Å². The average molecular weight is 299 g/mol. The summed E-state index contributed by atoms with van der Waals surface area (Å²) in [6, 6.07) is 11.1. The third-order valence-corrected chi connectivity index (χ3v) is 3.30. The Morgan fingerprint density at radius 3 is 2.91 bits per heavy atom. The molecule has 22 heavy (non-hydrogen) atoms. The molecule has 2 aromatic carbocycles. The normalized spacial score (nSPS) is 12.7. The minimum absolute atomic E-state index is 0.167. The van der Waals surface area contributed by atoms with Crippen molar-refractivity contribution in [1.82, 2.24) is 0 Å². The highest BCUT2D eigenvalue weighted by molar-refractivity contribution is 6.07. The van der Waals surface area contributed by atoms with E-state index in [2.05, 4.69) is 5.32 Å². The number of carbonyl (C=O) groups is 1. The molecule has 0 aliphatic carbocycles. The van der Waals surface area contributed by atoms with Gasteiger partial charge in [0, 0.05) is 11.3 Å². The first-order valence-corrected chi connectivity index (χ1v) is 6.74. The Bertz CT molecular complexity index is 755. The van der Waals surface area contributed by atoms with Crippen LogP contribution in [-0.2, 0) is 4.79 Å². The van der Waals surface area contributed by atoms with Crippen molar-refractivity contribution in [3.8, 4) is 11.5 Å². The summed E-state index contributed by atoms with van der Waals surface area (Å²) in [5, 5.41) is 2.65. The number of hydrogen-bond donors (Lipinski definition) is 1. The number of rotatable bonds is 3. The fourth-order valence-electron chi connectivity index (χ4n) is 2.19. The van der Waals surface area contributed by atoms with Crippen LogP contribution in [0.4, 0.5) is 10.1 Å². The number of methoxy groups -OCH3 is 1. The Hall–Kier alpha value is -2.82. The second kappa shape index (κ2) is 5.89. The second-order valence-corrected chi connectivity index (χ2v) is 4.83. The fourth-order valence-corrected chi connectivity index (χ4v) is 2.19. The molecule has 5 heteroatoms. The number of anilines is 1. The fraction of sp³-hybridized carbons (Fsp3) is 0.118. The second-order valence-electron chi connectivity index (χ2n) is 4.83. The van der Waals surface area contributed by atoms with E-state index in [9.17, 15) is 9.18 Å². The zero-order valence-electron chi connectivity index (χ0n) is 11.9. The molecular weight excluding hydrogens is 285 g/mol. The van der Waals surface area contributed by atoms with Crippen molar-refractivity contribution >= 4 is 17.7 Å². The van der Waals surface area contributed by atoms with E-state index in [0.717, 1.165) is 5.56 Å². The number of hydrogen-bond acceptors (Lipinski definition) is 3. The average Bonchev–Trinajstić information content (AvgIpc) is 2.53. The summed E-state index contributed by atoms with van der Waals surface area (Å²) in [5.74, 6) is 0.661. The van der Waals surface area contributed by atoms with E-state index in [0.29, 0.717) is 22.8 Å². The number of halogens is 1. The monoisotopic (exact) mass is 299 g/mol. The van der Waals surface area contributed by atoms with Crippen molar-refractivity contribution < 1.29 is 18.7 Å². The zero-order chi connectivity index (χ0) is 15.5. The van der Waals surface area contributed by atoms with Crippen molar-refractivity contribution in [2.75, 3.05) is 19.0 Å². The van der Waals surface area contributed by atoms with Gasteiger partial charge in [0.05, 0.1) is 12.7 Å². The van der Waals surface area contributed by atoms with Gasteiger partial charge in [0.2, 0.25) is 0 Å². The highest BCUT2D eigenvalue weighted by Crippen LogP contribution is 2.30. The molecular formula is C17H14FNO3. The van der Waals surface area contributed by atoms with Crippen LogP contribution in [0.2, 0.25) is 0 Å². The molecule has 0 aromatic heterocycles. The van der Waals surface area contributed by atoms with Crippen molar-refractivity contribution in [2.45, 2.75) is 0 Å². The summed E-state index contributed by atoms with van der Waals surface area (Å²) in [5.41, 5.74) is 1.64. The molecule has 0 saturated carbocycles. The first-order valence-electron chi connectivity index (χ1n) is 6.74. The molecule has 0 bridgehead atoms. The standard InChI is InChI=1S/C17H14FNO3/c1-21-15-5-6-16-11(8-15)7-12(10-22-16)17(20)19-14-4-2-3-13(18)9-14/h2-9H,10H2,1H3,(H,19,20). The number of amides is 1. The van der Waals surface area contributed by atoms with Gasteiger partial charge in [-0.15, -0.1) is 0 Å². The van der Waals surface area contributed by atoms with Crippen LogP contribution in [0.1, 0.15) is 5.56 Å². The van der Waals surface area contributed by atoms with Gasteiger partial charge in [-0.3, -0.25) is 4.79 Å². The molecule has 0 spiro atoms. The quantitative estimate of drug-likeness (QED) is 0.946. The van der Waals surface area contributed by atoms with E-state index in [4.69, 9.17) is 9.47 Å². The lowest BCUT2D eigenvalue weighted by Crippen LogP contribution is -2.21. The Morgan fingerprint density at radius 1 is 1.27 bits per heavy atom. The van der Waals surface area contributed by atoms with Crippen molar-refractivity contribution in [3.63, 3.8) is 0 Å². The molecule has 4 nitrogen and oxygen atoms in total. The SMILES string of the molecule is COc1ccc2c(c1)C=C(C(=O)Nc1cccc(F)c1)CO2. The van der Waals surface area contributed by atoms with Crippen LogP contribution in [0.5, 0.6) is 11.5 Å². The molecule has 1 aliphatic heterocycles. The number of nitrogens with one attached hydrogen (secondary N) is 1. The lowest BCUT2D eigenvalue weighted by molar-refractivity contribution is -0.113. The van der Waals surface area contributed by atoms with E-state index in [1.807, 2.05) is 0 Å². The molecule has 0 radical (unpaired) electrons. The van der Waals surface area contributed by atoms with Crippen LogP contribution in [0.15, 0.2) is 48.0 Å². The van der Waals surface area contributed by atoms with Crippen LogP contribution >= 0.6 is 0 Å². The van der Waals surface area contributed by atoms with Gasteiger partial charge >= 0.3 is 0 Å². The van der Waals surface area contributed by atoms with Crippen LogP contribution in [-0.4, -0.2) is 19.6 Å². The predicted octanol–water partition coefficient (Wildman–Crippen LogP) is 3.25. The van der Waals surface area contributed by atoms with Gasteiger partial charge in [0.25, 0.3) is 5.91 Å². The van der Waals surface area contributed by atoms with Gasteiger partial charge in [0.1, 0.15) is 23.9 Å². The molecule has 0 atom stereocenters. The van der Waals surface area contributed by atoms with Crippen LogP contribution < -0.4 is 14.8 Å². The van der Waals surface area contributed by atoms with Gasteiger partial charge < -0.3 is 14.8 Å².